The first-order valence-electron chi connectivity index (χ1n) is 9.24. The third-order valence-electron chi connectivity index (χ3n) is 3.37. The zero-order valence-corrected chi connectivity index (χ0v) is 15.2. The molecule has 0 heterocycles. The van der Waals surface area contributed by atoms with E-state index >= 15 is 0 Å². The van der Waals surface area contributed by atoms with Crippen molar-refractivity contribution in [1.29, 1.82) is 0 Å². The summed E-state index contributed by atoms with van der Waals surface area (Å²) in [6.45, 7) is 2.16. The van der Waals surface area contributed by atoms with Crippen LogP contribution in [0.15, 0.2) is 60.8 Å². The van der Waals surface area contributed by atoms with Crippen LogP contribution in [0.2, 0.25) is 0 Å². The molecule has 0 atom stereocenters. The lowest BCUT2D eigenvalue weighted by Crippen LogP contribution is -1.91. The van der Waals surface area contributed by atoms with Crippen molar-refractivity contribution in [1.82, 2.24) is 0 Å². The lowest BCUT2D eigenvalue weighted by atomic mass is 10.2. The molecule has 24 heavy (non-hydrogen) atoms. The van der Waals surface area contributed by atoms with Crippen LogP contribution in [0, 0.1) is 0 Å². The van der Waals surface area contributed by atoms with Crippen LogP contribution < -0.4 is 0 Å². The molecular weight excluding hydrogens is 296 g/mol. The molecule has 0 spiro atoms. The van der Waals surface area contributed by atoms with E-state index in [1.54, 1.807) is 0 Å². The van der Waals surface area contributed by atoms with Crippen LogP contribution in [0.5, 0.6) is 0 Å². The van der Waals surface area contributed by atoms with E-state index in [2.05, 4.69) is 61.6 Å². The van der Waals surface area contributed by atoms with Gasteiger partial charge in [0.15, 0.2) is 0 Å². The number of hydrogen-bond acceptors (Lipinski definition) is 1. The van der Waals surface area contributed by atoms with Gasteiger partial charge < -0.3 is 5.11 Å². The maximum atomic E-state index is 10.3. The Balaban J connectivity index is 3.40. The molecule has 0 radical (unpaired) electrons. The van der Waals surface area contributed by atoms with Gasteiger partial charge in [-0.2, -0.15) is 0 Å². The predicted octanol–water partition coefficient (Wildman–Crippen LogP) is 6.77. The SMILES string of the molecule is CC/C=C/CC/C=C/C/C=C/CC/C=C\CC/C=C/CCC(=O)O. The molecule has 1 N–H and O–H groups in total. The molecule has 0 aromatic carbocycles. The van der Waals surface area contributed by atoms with Crippen molar-refractivity contribution in [2.45, 2.75) is 71.1 Å². The molecule has 0 aromatic rings. The Morgan fingerprint density at radius 2 is 1.00 bits per heavy atom. The van der Waals surface area contributed by atoms with Gasteiger partial charge in [-0.15, -0.1) is 0 Å². The van der Waals surface area contributed by atoms with Gasteiger partial charge >= 0.3 is 5.97 Å². The lowest BCUT2D eigenvalue weighted by Gasteiger charge is -1.90. The van der Waals surface area contributed by atoms with Gasteiger partial charge in [0, 0.05) is 6.42 Å². The lowest BCUT2D eigenvalue weighted by molar-refractivity contribution is -0.136. The van der Waals surface area contributed by atoms with Gasteiger partial charge in [0.25, 0.3) is 0 Å². The average Bonchev–Trinajstić information content (AvgIpc) is 2.56. The molecular formula is C22H34O2. The number of allylic oxidation sites excluding steroid dienone is 10. The third kappa shape index (κ3) is 20.2. The van der Waals surface area contributed by atoms with E-state index in [1.165, 1.54) is 0 Å². The van der Waals surface area contributed by atoms with Gasteiger partial charge in [-0.3, -0.25) is 4.79 Å². The first-order chi connectivity index (χ1) is 11.8. The molecule has 0 fully saturated rings. The molecule has 0 aliphatic rings. The molecule has 134 valence electrons. The van der Waals surface area contributed by atoms with E-state index in [-0.39, 0.29) is 6.42 Å². The van der Waals surface area contributed by atoms with Gasteiger partial charge in [0.2, 0.25) is 0 Å². The molecule has 0 aromatic heterocycles. The smallest absolute Gasteiger partial charge is 0.303 e. The zero-order chi connectivity index (χ0) is 17.7. The van der Waals surface area contributed by atoms with Crippen molar-refractivity contribution in [2.75, 3.05) is 0 Å². The number of unbranched alkanes of at least 4 members (excludes halogenated alkanes) is 3. The number of carboxylic acids is 1. The number of carboxylic acid groups (broad SMARTS) is 1. The van der Waals surface area contributed by atoms with Crippen LogP contribution in [0.1, 0.15) is 71.1 Å². The van der Waals surface area contributed by atoms with Gasteiger partial charge in [-0.05, 0) is 57.8 Å². The number of hydrogen-bond donors (Lipinski definition) is 1. The van der Waals surface area contributed by atoms with Crippen LogP contribution in [0.4, 0.5) is 0 Å². The van der Waals surface area contributed by atoms with Crippen molar-refractivity contribution >= 4 is 5.97 Å². The molecule has 0 rings (SSSR count). The summed E-state index contributed by atoms with van der Waals surface area (Å²) in [6.07, 6.45) is 31.4. The second-order valence-corrected chi connectivity index (χ2v) is 5.67. The Morgan fingerprint density at radius 1 is 0.625 bits per heavy atom. The number of rotatable bonds is 15. The normalized spacial score (nSPS) is 12.7. The highest BCUT2D eigenvalue weighted by atomic mass is 16.4. The summed E-state index contributed by atoms with van der Waals surface area (Å²) < 4.78 is 0. The molecule has 2 heteroatoms. The summed E-state index contributed by atoms with van der Waals surface area (Å²) in [6, 6.07) is 0. The second kappa shape index (κ2) is 19.2. The van der Waals surface area contributed by atoms with Gasteiger partial charge in [0.05, 0.1) is 0 Å². The summed E-state index contributed by atoms with van der Waals surface area (Å²) in [4.78, 5) is 10.3. The average molecular weight is 331 g/mol. The quantitative estimate of drug-likeness (QED) is 0.265. The maximum Gasteiger partial charge on any atom is 0.303 e. The van der Waals surface area contributed by atoms with Crippen LogP contribution >= 0.6 is 0 Å². The third-order valence-corrected chi connectivity index (χ3v) is 3.37. The fourth-order valence-electron chi connectivity index (χ4n) is 2.05. The summed E-state index contributed by atoms with van der Waals surface area (Å²) in [5.41, 5.74) is 0. The predicted molar refractivity (Wildman–Crippen MR) is 105 cm³/mol. The fraction of sp³-hybridized carbons (Fsp3) is 0.500. The molecule has 0 saturated carbocycles. The monoisotopic (exact) mass is 330 g/mol. The Labute approximate surface area is 148 Å². The first kappa shape index (κ1) is 22.2. The van der Waals surface area contributed by atoms with Crippen LogP contribution in [-0.4, -0.2) is 11.1 Å². The van der Waals surface area contributed by atoms with E-state index in [9.17, 15) is 4.79 Å². The van der Waals surface area contributed by atoms with Gasteiger partial charge in [0.1, 0.15) is 0 Å². The number of aliphatic carboxylic acids is 1. The van der Waals surface area contributed by atoms with Crippen molar-refractivity contribution in [3.63, 3.8) is 0 Å². The van der Waals surface area contributed by atoms with Crippen molar-refractivity contribution < 1.29 is 9.90 Å². The molecule has 0 aliphatic carbocycles. The van der Waals surface area contributed by atoms with Crippen LogP contribution in [0.25, 0.3) is 0 Å². The van der Waals surface area contributed by atoms with Gasteiger partial charge in [-0.25, -0.2) is 0 Å². The Bertz CT molecular complexity index is 425. The fourth-order valence-corrected chi connectivity index (χ4v) is 2.05. The minimum Gasteiger partial charge on any atom is -0.481 e. The van der Waals surface area contributed by atoms with Crippen LogP contribution in [-0.2, 0) is 4.79 Å². The molecule has 0 amide bonds. The van der Waals surface area contributed by atoms with E-state index < -0.39 is 5.97 Å². The van der Waals surface area contributed by atoms with Crippen molar-refractivity contribution in [3.05, 3.63) is 60.8 Å². The molecule has 0 unspecified atom stereocenters. The Kier molecular flexibility index (Phi) is 17.8. The molecule has 0 saturated heterocycles. The van der Waals surface area contributed by atoms with E-state index in [4.69, 9.17) is 5.11 Å². The molecule has 0 aliphatic heterocycles. The van der Waals surface area contributed by atoms with E-state index in [0.29, 0.717) is 6.42 Å². The Morgan fingerprint density at radius 3 is 1.42 bits per heavy atom. The van der Waals surface area contributed by atoms with Gasteiger partial charge in [-0.1, -0.05) is 67.7 Å². The van der Waals surface area contributed by atoms with E-state index in [1.807, 2.05) is 6.08 Å². The topological polar surface area (TPSA) is 37.3 Å². The van der Waals surface area contributed by atoms with Crippen molar-refractivity contribution in [3.8, 4) is 0 Å². The summed E-state index contributed by atoms with van der Waals surface area (Å²) in [7, 11) is 0. The Hall–Kier alpha value is -1.83. The highest BCUT2D eigenvalue weighted by molar-refractivity contribution is 5.66. The molecule has 0 bridgehead atoms. The largest absolute Gasteiger partial charge is 0.481 e. The number of carbonyl (C=O) groups is 1. The summed E-state index contributed by atoms with van der Waals surface area (Å²) in [5.74, 6) is -0.729. The maximum absolute atomic E-state index is 10.3. The minimum atomic E-state index is -0.729. The van der Waals surface area contributed by atoms with Crippen LogP contribution in [0.3, 0.4) is 0 Å². The standard InChI is InChI=1S/C22H34O2/c1-2-3-4-5-6-7-8-9-10-11-12-13-14-15-16-17-18-19-20-21-22(23)24/h3-4,7-8,10-11,14-15,18-19H,2,5-6,9,12-13,16-17,20-21H2,1H3,(H,23,24)/b4-3+,8-7+,11-10+,15-14-,19-18+. The zero-order valence-electron chi connectivity index (χ0n) is 15.2. The first-order valence-corrected chi connectivity index (χ1v) is 9.24. The summed E-state index contributed by atoms with van der Waals surface area (Å²) >= 11 is 0. The molecule has 2 nitrogen and oxygen atoms in total. The van der Waals surface area contributed by atoms with E-state index in [0.717, 1.165) is 51.4 Å². The summed E-state index contributed by atoms with van der Waals surface area (Å²) in [5, 5.41) is 8.50. The highest BCUT2D eigenvalue weighted by Crippen LogP contribution is 2.01. The van der Waals surface area contributed by atoms with Crippen molar-refractivity contribution in [2.24, 2.45) is 0 Å². The highest BCUT2D eigenvalue weighted by Gasteiger charge is 1.90. The second-order valence-electron chi connectivity index (χ2n) is 5.67. The minimum absolute atomic E-state index is 0.226.